The summed E-state index contributed by atoms with van der Waals surface area (Å²) in [6.07, 6.45) is 0.985. The van der Waals surface area contributed by atoms with Crippen LogP contribution < -0.4 is 11.0 Å². The Balaban J connectivity index is 2.43. The topological polar surface area (TPSA) is 26.0 Å². The van der Waals surface area contributed by atoms with Crippen LogP contribution in [0.4, 0.5) is 0 Å². The molecule has 1 nitrogen and oxygen atoms in total. The van der Waals surface area contributed by atoms with Crippen LogP contribution in [0, 0.1) is 6.92 Å². The number of rotatable bonds is 4. The maximum atomic E-state index is 5.79. The van der Waals surface area contributed by atoms with Crippen molar-refractivity contribution in [3.63, 3.8) is 0 Å². The van der Waals surface area contributed by atoms with Crippen LogP contribution in [0.3, 0.4) is 0 Å². The van der Waals surface area contributed by atoms with Gasteiger partial charge in [0.05, 0.1) is 0 Å². The van der Waals surface area contributed by atoms with Crippen molar-refractivity contribution in [1.29, 1.82) is 0 Å². The molecular formula is C16H20NP. The zero-order valence-electron chi connectivity index (χ0n) is 10.8. The van der Waals surface area contributed by atoms with E-state index in [0.717, 1.165) is 6.42 Å². The molecule has 2 aromatic rings. The molecule has 0 bridgehead atoms. The van der Waals surface area contributed by atoms with E-state index in [1.54, 1.807) is 0 Å². The maximum absolute atomic E-state index is 5.79. The van der Waals surface area contributed by atoms with E-state index < -0.39 is 0 Å². The Labute approximate surface area is 112 Å². The lowest BCUT2D eigenvalue weighted by Crippen LogP contribution is -2.11. The second-order valence-electron chi connectivity index (χ2n) is 4.66. The van der Waals surface area contributed by atoms with Crippen LogP contribution in [0.25, 0.3) is 0 Å². The molecule has 2 aromatic carbocycles. The molecule has 0 amide bonds. The molecule has 2 N–H and O–H groups in total. The molecular weight excluding hydrogens is 237 g/mol. The fourth-order valence-electron chi connectivity index (χ4n) is 2.42. The second kappa shape index (κ2) is 6.13. The van der Waals surface area contributed by atoms with Crippen LogP contribution in [-0.4, -0.2) is 6.54 Å². The average molecular weight is 257 g/mol. The zero-order valence-corrected chi connectivity index (χ0v) is 11.9. The van der Waals surface area contributed by atoms with Crippen molar-refractivity contribution in [1.82, 2.24) is 0 Å². The van der Waals surface area contributed by atoms with Gasteiger partial charge in [0.15, 0.2) is 0 Å². The molecule has 0 spiro atoms. The predicted molar refractivity (Wildman–Crippen MR) is 82.5 cm³/mol. The highest BCUT2D eigenvalue weighted by Crippen LogP contribution is 2.29. The summed E-state index contributed by atoms with van der Waals surface area (Å²) in [5.74, 6) is 0.400. The first-order valence-corrected chi connectivity index (χ1v) is 6.91. The van der Waals surface area contributed by atoms with E-state index in [0.29, 0.717) is 12.5 Å². The third kappa shape index (κ3) is 2.98. The second-order valence-corrected chi connectivity index (χ2v) is 5.32. The lowest BCUT2D eigenvalue weighted by molar-refractivity contribution is 0.722. The summed E-state index contributed by atoms with van der Waals surface area (Å²) in [7, 11) is 2.76. The largest absolute Gasteiger partial charge is 0.330 e. The van der Waals surface area contributed by atoms with Gasteiger partial charge in [-0.3, -0.25) is 0 Å². The standard InChI is InChI=1S/C16H20NP/c1-12-5-2-3-8-15(12)16(9-10-17)13-6-4-7-14(18)11-13/h2-8,11,16H,9-10,17-18H2,1H3. The number of aryl methyl sites for hydroxylation is 1. The van der Waals surface area contributed by atoms with Crippen LogP contribution in [0.15, 0.2) is 48.5 Å². The summed E-state index contributed by atoms with van der Waals surface area (Å²) in [5.41, 5.74) is 9.86. The van der Waals surface area contributed by atoms with E-state index in [4.69, 9.17) is 5.73 Å². The molecule has 0 radical (unpaired) electrons. The summed E-state index contributed by atoms with van der Waals surface area (Å²) in [6.45, 7) is 2.88. The molecule has 94 valence electrons. The minimum atomic E-state index is 0.400. The van der Waals surface area contributed by atoms with Gasteiger partial charge in [0.2, 0.25) is 0 Å². The highest BCUT2D eigenvalue weighted by molar-refractivity contribution is 7.27. The summed E-state index contributed by atoms with van der Waals surface area (Å²) < 4.78 is 0. The third-order valence-electron chi connectivity index (χ3n) is 3.33. The van der Waals surface area contributed by atoms with Gasteiger partial charge in [0, 0.05) is 5.92 Å². The Morgan fingerprint density at radius 1 is 1.11 bits per heavy atom. The minimum Gasteiger partial charge on any atom is -0.330 e. The summed E-state index contributed by atoms with van der Waals surface area (Å²) in [4.78, 5) is 0. The highest BCUT2D eigenvalue weighted by Gasteiger charge is 2.15. The van der Waals surface area contributed by atoms with Crippen LogP contribution >= 0.6 is 9.24 Å². The molecule has 0 aromatic heterocycles. The van der Waals surface area contributed by atoms with Crippen molar-refractivity contribution in [2.24, 2.45) is 5.73 Å². The van der Waals surface area contributed by atoms with Crippen LogP contribution in [0.2, 0.25) is 0 Å². The first-order chi connectivity index (χ1) is 8.72. The minimum absolute atomic E-state index is 0.400. The zero-order chi connectivity index (χ0) is 13.0. The van der Waals surface area contributed by atoms with Crippen molar-refractivity contribution in [3.05, 3.63) is 65.2 Å². The quantitative estimate of drug-likeness (QED) is 0.837. The van der Waals surface area contributed by atoms with E-state index in [1.807, 2.05) is 0 Å². The normalized spacial score (nSPS) is 12.4. The van der Waals surface area contributed by atoms with Gasteiger partial charge in [0.25, 0.3) is 0 Å². The van der Waals surface area contributed by atoms with Crippen LogP contribution in [0.5, 0.6) is 0 Å². The number of benzene rings is 2. The van der Waals surface area contributed by atoms with Gasteiger partial charge < -0.3 is 5.73 Å². The van der Waals surface area contributed by atoms with Crippen LogP contribution in [0.1, 0.15) is 29.0 Å². The lowest BCUT2D eigenvalue weighted by Gasteiger charge is -2.19. The predicted octanol–water partition coefficient (Wildman–Crippen LogP) is 2.98. The molecule has 2 atom stereocenters. The van der Waals surface area contributed by atoms with E-state index >= 15 is 0 Å². The molecule has 2 unspecified atom stereocenters. The Bertz CT molecular complexity index is 522. The Morgan fingerprint density at radius 3 is 2.56 bits per heavy atom. The molecule has 0 saturated carbocycles. The summed E-state index contributed by atoms with van der Waals surface area (Å²) in [5, 5.41) is 1.23. The molecule has 0 aliphatic rings. The SMILES string of the molecule is Cc1ccccc1C(CCN)c1cccc(P)c1. The molecule has 0 heterocycles. The smallest absolute Gasteiger partial charge is 0.0104 e. The van der Waals surface area contributed by atoms with Gasteiger partial charge in [-0.15, -0.1) is 9.24 Å². The molecule has 18 heavy (non-hydrogen) atoms. The van der Waals surface area contributed by atoms with E-state index in [-0.39, 0.29) is 0 Å². The van der Waals surface area contributed by atoms with Gasteiger partial charge in [0.1, 0.15) is 0 Å². The number of hydrogen-bond donors (Lipinski definition) is 1. The summed E-state index contributed by atoms with van der Waals surface area (Å²) >= 11 is 0. The molecule has 0 fully saturated rings. The number of nitrogens with two attached hydrogens (primary N) is 1. The molecule has 2 rings (SSSR count). The maximum Gasteiger partial charge on any atom is 0.0104 e. The first kappa shape index (κ1) is 13.3. The van der Waals surface area contributed by atoms with Gasteiger partial charge in [-0.05, 0) is 41.9 Å². The van der Waals surface area contributed by atoms with E-state index in [1.165, 1.54) is 22.0 Å². The monoisotopic (exact) mass is 257 g/mol. The molecule has 0 aliphatic heterocycles. The third-order valence-corrected chi connectivity index (χ3v) is 3.69. The van der Waals surface area contributed by atoms with Crippen molar-refractivity contribution < 1.29 is 0 Å². The van der Waals surface area contributed by atoms with E-state index in [9.17, 15) is 0 Å². The van der Waals surface area contributed by atoms with Gasteiger partial charge in [-0.25, -0.2) is 0 Å². The number of hydrogen-bond acceptors (Lipinski definition) is 1. The molecule has 0 aliphatic carbocycles. The highest BCUT2D eigenvalue weighted by atomic mass is 31.0. The van der Waals surface area contributed by atoms with Gasteiger partial charge in [-0.2, -0.15) is 0 Å². The molecule has 0 saturated heterocycles. The van der Waals surface area contributed by atoms with Crippen molar-refractivity contribution in [2.75, 3.05) is 6.54 Å². The van der Waals surface area contributed by atoms with E-state index in [2.05, 4.69) is 64.7 Å². The lowest BCUT2D eigenvalue weighted by atomic mass is 9.86. The van der Waals surface area contributed by atoms with Crippen LogP contribution in [-0.2, 0) is 0 Å². The average Bonchev–Trinajstić information content (AvgIpc) is 2.37. The fourth-order valence-corrected chi connectivity index (χ4v) is 2.73. The van der Waals surface area contributed by atoms with Crippen molar-refractivity contribution in [2.45, 2.75) is 19.3 Å². The molecule has 2 heteroatoms. The Hall–Kier alpha value is -1.17. The van der Waals surface area contributed by atoms with Gasteiger partial charge >= 0.3 is 0 Å². The Kier molecular flexibility index (Phi) is 4.52. The van der Waals surface area contributed by atoms with Crippen molar-refractivity contribution in [3.8, 4) is 0 Å². The fraction of sp³-hybridized carbons (Fsp3) is 0.250. The van der Waals surface area contributed by atoms with Crippen molar-refractivity contribution >= 4 is 14.5 Å². The first-order valence-electron chi connectivity index (χ1n) is 6.33. The van der Waals surface area contributed by atoms with Gasteiger partial charge in [-0.1, -0.05) is 48.5 Å². The Morgan fingerprint density at radius 2 is 1.89 bits per heavy atom. The summed E-state index contributed by atoms with van der Waals surface area (Å²) in [6, 6.07) is 17.2.